The van der Waals surface area contributed by atoms with E-state index in [1.54, 1.807) is 0 Å². The number of carbonyl (C=O) groups is 1. The van der Waals surface area contributed by atoms with Crippen LogP contribution in [0.1, 0.15) is 42.0 Å². The summed E-state index contributed by atoms with van der Waals surface area (Å²) in [6.45, 7) is 7.89. The molecule has 0 saturated carbocycles. The molecule has 0 aromatic carbocycles. The molecule has 0 bridgehead atoms. The maximum absolute atomic E-state index is 12.8. The highest BCUT2D eigenvalue weighted by Crippen LogP contribution is 2.23. The average molecular weight is 354 g/mol. The first-order chi connectivity index (χ1) is 12.6. The second-order valence-electron chi connectivity index (χ2n) is 7.48. The third-order valence-electron chi connectivity index (χ3n) is 5.35. The van der Waals surface area contributed by atoms with E-state index in [2.05, 4.69) is 15.4 Å². The van der Waals surface area contributed by atoms with Gasteiger partial charge in [0.2, 0.25) is 5.91 Å². The first-order valence-corrected chi connectivity index (χ1v) is 9.44. The van der Waals surface area contributed by atoms with Crippen molar-refractivity contribution >= 4 is 5.91 Å². The van der Waals surface area contributed by atoms with Gasteiger partial charge in [-0.3, -0.25) is 9.48 Å². The van der Waals surface area contributed by atoms with Crippen molar-refractivity contribution in [1.29, 1.82) is 0 Å². The number of carbonyl (C=O) groups excluding carboxylic acids is 1. The number of rotatable bonds is 4. The van der Waals surface area contributed by atoms with Crippen LogP contribution in [0.5, 0.6) is 0 Å². The fourth-order valence-electron chi connectivity index (χ4n) is 3.83. The van der Waals surface area contributed by atoms with Gasteiger partial charge in [-0.15, -0.1) is 0 Å². The van der Waals surface area contributed by atoms with Crippen LogP contribution >= 0.6 is 0 Å². The summed E-state index contributed by atoms with van der Waals surface area (Å²) in [6.07, 6.45) is 5.77. The number of nitrogens with one attached hydrogen (secondary N) is 1. The molecule has 2 aromatic rings. The van der Waals surface area contributed by atoms with E-state index in [4.69, 9.17) is 4.98 Å². The molecule has 1 N–H and O–H groups in total. The lowest BCUT2D eigenvalue weighted by atomic mass is 10.0. The Hall–Kier alpha value is -2.28. The second-order valence-corrected chi connectivity index (χ2v) is 7.48. The molecule has 1 amide bonds. The fraction of sp³-hybridized carbons (Fsp3) is 0.579. The van der Waals surface area contributed by atoms with Crippen molar-refractivity contribution in [1.82, 2.24) is 30.0 Å². The summed E-state index contributed by atoms with van der Waals surface area (Å²) in [4.78, 5) is 24.1. The topological polar surface area (TPSA) is 75.9 Å². The van der Waals surface area contributed by atoms with E-state index in [-0.39, 0.29) is 11.8 Å². The average Bonchev–Trinajstić information content (AvgIpc) is 3.32. The maximum Gasteiger partial charge on any atom is 0.227 e. The third kappa shape index (κ3) is 3.49. The number of aryl methyl sites for hydroxylation is 1. The molecular formula is C19H26N6O. The Morgan fingerprint density at radius 2 is 2.35 bits per heavy atom. The van der Waals surface area contributed by atoms with Gasteiger partial charge < -0.3 is 10.2 Å². The predicted octanol–water partition coefficient (Wildman–Crippen LogP) is 1.28. The van der Waals surface area contributed by atoms with Crippen LogP contribution in [0.25, 0.3) is 0 Å². The van der Waals surface area contributed by atoms with E-state index < -0.39 is 0 Å². The molecule has 7 nitrogen and oxygen atoms in total. The summed E-state index contributed by atoms with van der Waals surface area (Å²) in [5.74, 6) is 1.46. The molecule has 26 heavy (non-hydrogen) atoms. The monoisotopic (exact) mass is 354 g/mol. The van der Waals surface area contributed by atoms with Crippen molar-refractivity contribution < 1.29 is 4.79 Å². The van der Waals surface area contributed by atoms with Crippen LogP contribution in [0, 0.1) is 12.8 Å². The van der Waals surface area contributed by atoms with Gasteiger partial charge in [0.25, 0.3) is 0 Å². The van der Waals surface area contributed by atoms with Crippen LogP contribution in [-0.2, 0) is 24.3 Å². The van der Waals surface area contributed by atoms with Gasteiger partial charge in [-0.25, -0.2) is 9.97 Å². The predicted molar refractivity (Wildman–Crippen MR) is 97.5 cm³/mol. The van der Waals surface area contributed by atoms with E-state index in [0.717, 1.165) is 55.3 Å². The van der Waals surface area contributed by atoms with E-state index in [1.807, 2.05) is 41.9 Å². The molecule has 2 aliphatic rings. The number of hydrogen-bond acceptors (Lipinski definition) is 5. The number of amides is 1. The lowest BCUT2D eigenvalue weighted by Crippen LogP contribution is -2.40. The van der Waals surface area contributed by atoms with Crippen LogP contribution in [0.3, 0.4) is 0 Å². The Kier molecular flexibility index (Phi) is 4.72. The SMILES string of the molecule is Cc1ccn(C[C@@H](C)C(=O)N2CCc3nc([C@H]4CCNC4)ncc3C2)n1. The molecule has 2 atom stereocenters. The normalized spacial score (nSPS) is 20.8. The molecule has 138 valence electrons. The summed E-state index contributed by atoms with van der Waals surface area (Å²) in [5, 5.41) is 7.75. The molecule has 1 fully saturated rings. The smallest absolute Gasteiger partial charge is 0.227 e. The Morgan fingerprint density at radius 1 is 1.46 bits per heavy atom. The molecule has 0 radical (unpaired) electrons. The van der Waals surface area contributed by atoms with Crippen molar-refractivity contribution in [3.05, 3.63) is 41.2 Å². The zero-order valence-corrected chi connectivity index (χ0v) is 15.5. The van der Waals surface area contributed by atoms with Crippen LogP contribution in [0.2, 0.25) is 0 Å². The Balaban J connectivity index is 1.41. The number of aromatic nitrogens is 4. The maximum atomic E-state index is 12.8. The highest BCUT2D eigenvalue weighted by Gasteiger charge is 2.27. The van der Waals surface area contributed by atoms with Gasteiger partial charge in [-0.2, -0.15) is 5.10 Å². The second kappa shape index (κ2) is 7.15. The van der Waals surface area contributed by atoms with Crippen LogP contribution in [0.15, 0.2) is 18.5 Å². The number of fused-ring (bicyclic) bond motifs is 1. The minimum atomic E-state index is -0.0967. The molecule has 0 aliphatic carbocycles. The van der Waals surface area contributed by atoms with Crippen molar-refractivity contribution in [3.63, 3.8) is 0 Å². The molecule has 1 saturated heterocycles. The van der Waals surface area contributed by atoms with Crippen molar-refractivity contribution in [3.8, 4) is 0 Å². The first-order valence-electron chi connectivity index (χ1n) is 9.44. The third-order valence-corrected chi connectivity index (χ3v) is 5.35. The summed E-state index contributed by atoms with van der Waals surface area (Å²) in [6, 6.07) is 1.96. The van der Waals surface area contributed by atoms with E-state index in [9.17, 15) is 4.79 Å². The fourth-order valence-corrected chi connectivity index (χ4v) is 3.83. The van der Waals surface area contributed by atoms with Crippen LogP contribution < -0.4 is 5.32 Å². The van der Waals surface area contributed by atoms with Crippen LogP contribution in [0.4, 0.5) is 0 Å². The Bertz CT molecular complexity index is 795. The summed E-state index contributed by atoms with van der Waals surface area (Å²) in [5.41, 5.74) is 3.17. The molecule has 4 heterocycles. The van der Waals surface area contributed by atoms with E-state index >= 15 is 0 Å². The molecule has 7 heteroatoms. The van der Waals surface area contributed by atoms with Crippen LogP contribution in [-0.4, -0.2) is 50.2 Å². The summed E-state index contributed by atoms with van der Waals surface area (Å²) < 4.78 is 1.85. The van der Waals surface area contributed by atoms with Gasteiger partial charge >= 0.3 is 0 Å². The number of nitrogens with zero attached hydrogens (tertiary/aromatic N) is 5. The van der Waals surface area contributed by atoms with E-state index in [0.29, 0.717) is 19.0 Å². The molecular weight excluding hydrogens is 328 g/mol. The molecule has 2 aromatic heterocycles. The summed E-state index contributed by atoms with van der Waals surface area (Å²) >= 11 is 0. The van der Waals surface area contributed by atoms with Crippen molar-refractivity contribution in [2.45, 2.75) is 45.7 Å². The lowest BCUT2D eigenvalue weighted by Gasteiger charge is -2.30. The van der Waals surface area contributed by atoms with E-state index in [1.165, 1.54) is 0 Å². The van der Waals surface area contributed by atoms with Gasteiger partial charge in [0.05, 0.1) is 23.9 Å². The highest BCUT2D eigenvalue weighted by molar-refractivity contribution is 5.78. The zero-order valence-electron chi connectivity index (χ0n) is 15.5. The van der Waals surface area contributed by atoms with Crippen molar-refractivity contribution in [2.75, 3.05) is 19.6 Å². The lowest BCUT2D eigenvalue weighted by molar-refractivity contribution is -0.136. The number of hydrogen-bond donors (Lipinski definition) is 1. The minimum absolute atomic E-state index is 0.0967. The quantitative estimate of drug-likeness (QED) is 0.895. The Morgan fingerprint density at radius 3 is 3.08 bits per heavy atom. The highest BCUT2D eigenvalue weighted by atomic mass is 16.2. The van der Waals surface area contributed by atoms with Crippen molar-refractivity contribution in [2.24, 2.45) is 5.92 Å². The summed E-state index contributed by atoms with van der Waals surface area (Å²) in [7, 11) is 0. The van der Waals surface area contributed by atoms with Gasteiger partial charge in [-0.05, 0) is 26.0 Å². The Labute approximate surface area is 153 Å². The van der Waals surface area contributed by atoms with Gasteiger partial charge in [0.15, 0.2) is 0 Å². The van der Waals surface area contributed by atoms with Gasteiger partial charge in [0.1, 0.15) is 5.82 Å². The molecule has 0 spiro atoms. The minimum Gasteiger partial charge on any atom is -0.338 e. The van der Waals surface area contributed by atoms with Gasteiger partial charge in [-0.1, -0.05) is 6.92 Å². The first kappa shape index (κ1) is 17.1. The largest absolute Gasteiger partial charge is 0.338 e. The molecule has 4 rings (SSSR count). The standard InChI is InChI=1S/C19H26N6O/c1-13(11-25-8-4-14(2)23-25)19(26)24-7-5-17-16(12-24)10-21-18(22-17)15-3-6-20-9-15/h4,8,10,13,15,20H,3,5-7,9,11-12H2,1-2H3/t13-,15+/m1/s1. The molecule has 0 unspecified atom stereocenters. The van der Waals surface area contributed by atoms with Gasteiger partial charge in [0, 0.05) is 49.9 Å². The zero-order chi connectivity index (χ0) is 18.1. The molecule has 2 aliphatic heterocycles.